The van der Waals surface area contributed by atoms with Crippen LogP contribution in [-0.2, 0) is 0 Å². The van der Waals surface area contributed by atoms with Gasteiger partial charge in [-0.25, -0.2) is 4.39 Å². The van der Waals surface area contributed by atoms with Crippen LogP contribution >= 0.6 is 15.9 Å². The highest BCUT2D eigenvalue weighted by Gasteiger charge is 2.12. The molecule has 2 aromatic carbocycles. The van der Waals surface area contributed by atoms with Crippen LogP contribution in [0.2, 0.25) is 0 Å². The number of rotatable bonds is 2. The van der Waals surface area contributed by atoms with Gasteiger partial charge in [-0.3, -0.25) is 4.79 Å². The summed E-state index contributed by atoms with van der Waals surface area (Å²) in [5.74, 6) is -0.705. The van der Waals surface area contributed by atoms with Crippen LogP contribution in [0.3, 0.4) is 0 Å². The molecule has 2 rings (SSSR count). The Balaban J connectivity index is 2.43. The number of ketones is 1. The topological polar surface area (TPSA) is 43.1 Å². The molecule has 0 aliphatic rings. The average Bonchev–Trinajstić information content (AvgIpc) is 2.35. The molecule has 0 aliphatic carbocycles. The van der Waals surface area contributed by atoms with Crippen molar-refractivity contribution in [2.75, 3.05) is 5.73 Å². The summed E-state index contributed by atoms with van der Waals surface area (Å²) < 4.78 is 14.4. The molecule has 2 aromatic rings. The fourth-order valence-electron chi connectivity index (χ4n) is 1.60. The fourth-order valence-corrected chi connectivity index (χ4v) is 1.86. The van der Waals surface area contributed by atoms with E-state index < -0.39 is 5.82 Å². The van der Waals surface area contributed by atoms with Gasteiger partial charge < -0.3 is 5.73 Å². The summed E-state index contributed by atoms with van der Waals surface area (Å²) in [6, 6.07) is 9.61. The van der Waals surface area contributed by atoms with Gasteiger partial charge in [-0.15, -0.1) is 0 Å². The number of nitrogen functional groups attached to an aromatic ring is 1. The zero-order valence-electron chi connectivity index (χ0n) is 9.71. The van der Waals surface area contributed by atoms with Crippen molar-refractivity contribution in [1.29, 1.82) is 0 Å². The van der Waals surface area contributed by atoms with Crippen molar-refractivity contribution in [3.8, 4) is 0 Å². The molecule has 0 aliphatic heterocycles. The molecule has 0 saturated carbocycles. The van der Waals surface area contributed by atoms with E-state index in [1.807, 2.05) is 0 Å². The zero-order valence-corrected chi connectivity index (χ0v) is 11.3. The third-order valence-corrected chi connectivity index (χ3v) is 3.28. The van der Waals surface area contributed by atoms with Crippen molar-refractivity contribution in [1.82, 2.24) is 0 Å². The molecule has 2 N–H and O–H groups in total. The highest BCUT2D eigenvalue weighted by molar-refractivity contribution is 9.10. The normalized spacial score (nSPS) is 10.4. The lowest BCUT2D eigenvalue weighted by Gasteiger charge is -2.06. The molecular formula is C14H11BrFNO. The van der Waals surface area contributed by atoms with Gasteiger partial charge >= 0.3 is 0 Å². The van der Waals surface area contributed by atoms with E-state index in [0.29, 0.717) is 11.1 Å². The second kappa shape index (κ2) is 4.90. The molecule has 0 atom stereocenters. The predicted octanol–water partition coefficient (Wildman–Crippen LogP) is 3.71. The maximum absolute atomic E-state index is 13.5. The highest BCUT2D eigenvalue weighted by atomic mass is 79.9. The van der Waals surface area contributed by atoms with Crippen molar-refractivity contribution in [3.05, 3.63) is 63.4 Å². The molecule has 0 fully saturated rings. The summed E-state index contributed by atoms with van der Waals surface area (Å²) in [5, 5.41) is 0. The molecule has 0 saturated heterocycles. The minimum atomic E-state index is -0.463. The van der Waals surface area contributed by atoms with Crippen LogP contribution in [-0.4, -0.2) is 5.78 Å². The first-order valence-electron chi connectivity index (χ1n) is 5.35. The van der Waals surface area contributed by atoms with Crippen molar-refractivity contribution >= 4 is 27.4 Å². The Morgan fingerprint density at radius 2 is 1.78 bits per heavy atom. The van der Waals surface area contributed by atoms with Crippen LogP contribution in [0.1, 0.15) is 21.5 Å². The van der Waals surface area contributed by atoms with E-state index in [4.69, 9.17) is 5.73 Å². The van der Waals surface area contributed by atoms with Gasteiger partial charge in [-0.1, -0.05) is 15.9 Å². The third-order valence-electron chi connectivity index (χ3n) is 2.75. The van der Waals surface area contributed by atoms with Crippen molar-refractivity contribution < 1.29 is 9.18 Å². The van der Waals surface area contributed by atoms with E-state index in [-0.39, 0.29) is 17.0 Å². The summed E-state index contributed by atoms with van der Waals surface area (Å²) in [5.41, 5.74) is 7.08. The average molecular weight is 308 g/mol. The standard InChI is InChI=1S/C14H11BrFNO/c1-8-12(16)6-10(7-13(8)17)14(18)9-2-4-11(15)5-3-9/h2-7H,17H2,1H3. The number of carbonyl (C=O) groups excluding carboxylic acids is 1. The first kappa shape index (κ1) is 12.8. The molecule has 0 amide bonds. The Hall–Kier alpha value is -1.68. The highest BCUT2D eigenvalue weighted by Crippen LogP contribution is 2.20. The largest absolute Gasteiger partial charge is 0.398 e. The van der Waals surface area contributed by atoms with E-state index in [9.17, 15) is 9.18 Å². The molecule has 0 unspecified atom stereocenters. The van der Waals surface area contributed by atoms with Gasteiger partial charge in [0.15, 0.2) is 5.78 Å². The maximum atomic E-state index is 13.5. The smallest absolute Gasteiger partial charge is 0.193 e. The van der Waals surface area contributed by atoms with Gasteiger partial charge in [0.1, 0.15) is 5.82 Å². The van der Waals surface area contributed by atoms with Crippen molar-refractivity contribution in [2.24, 2.45) is 0 Å². The van der Waals surface area contributed by atoms with Crippen LogP contribution in [0.4, 0.5) is 10.1 Å². The van der Waals surface area contributed by atoms with Gasteiger partial charge in [-0.2, -0.15) is 0 Å². The number of halogens is 2. The number of benzene rings is 2. The molecule has 18 heavy (non-hydrogen) atoms. The number of carbonyl (C=O) groups is 1. The van der Waals surface area contributed by atoms with Crippen LogP contribution in [0.15, 0.2) is 40.9 Å². The first-order chi connectivity index (χ1) is 8.49. The lowest BCUT2D eigenvalue weighted by atomic mass is 10.0. The summed E-state index contributed by atoms with van der Waals surface area (Å²) in [6.07, 6.45) is 0. The molecule has 0 heterocycles. The predicted molar refractivity (Wildman–Crippen MR) is 73.1 cm³/mol. The number of hydrogen-bond donors (Lipinski definition) is 1. The Morgan fingerprint density at radius 3 is 2.33 bits per heavy atom. The van der Waals surface area contributed by atoms with Crippen LogP contribution < -0.4 is 5.73 Å². The van der Waals surface area contributed by atoms with E-state index in [2.05, 4.69) is 15.9 Å². The van der Waals surface area contributed by atoms with Gasteiger partial charge in [0.25, 0.3) is 0 Å². The quantitative estimate of drug-likeness (QED) is 0.679. The third kappa shape index (κ3) is 2.43. The number of nitrogens with two attached hydrogens (primary N) is 1. The molecule has 0 spiro atoms. The van der Waals surface area contributed by atoms with E-state index >= 15 is 0 Å². The van der Waals surface area contributed by atoms with E-state index in [1.54, 1.807) is 31.2 Å². The summed E-state index contributed by atoms with van der Waals surface area (Å²) in [7, 11) is 0. The Bertz CT molecular complexity index is 585. The van der Waals surface area contributed by atoms with Crippen molar-refractivity contribution in [3.63, 3.8) is 0 Å². The Labute approximate surface area is 113 Å². The summed E-state index contributed by atoms with van der Waals surface area (Å²) in [4.78, 5) is 12.1. The molecule has 92 valence electrons. The van der Waals surface area contributed by atoms with Crippen molar-refractivity contribution in [2.45, 2.75) is 6.92 Å². The number of anilines is 1. The minimum absolute atomic E-state index is 0.242. The molecule has 0 radical (unpaired) electrons. The van der Waals surface area contributed by atoms with Gasteiger partial charge in [0, 0.05) is 26.9 Å². The number of hydrogen-bond acceptors (Lipinski definition) is 2. The van der Waals surface area contributed by atoms with E-state index in [0.717, 1.165) is 4.47 Å². The monoisotopic (exact) mass is 307 g/mol. The molecule has 2 nitrogen and oxygen atoms in total. The molecule has 0 aromatic heterocycles. The minimum Gasteiger partial charge on any atom is -0.398 e. The molecule has 0 bridgehead atoms. The van der Waals surface area contributed by atoms with Gasteiger partial charge in [-0.05, 0) is 43.3 Å². The summed E-state index contributed by atoms with van der Waals surface area (Å²) in [6.45, 7) is 1.58. The van der Waals surface area contributed by atoms with Gasteiger partial charge in [0.2, 0.25) is 0 Å². The van der Waals surface area contributed by atoms with Crippen LogP contribution in [0, 0.1) is 12.7 Å². The second-order valence-corrected chi connectivity index (χ2v) is 4.92. The van der Waals surface area contributed by atoms with Gasteiger partial charge in [0.05, 0.1) is 0 Å². The first-order valence-corrected chi connectivity index (χ1v) is 6.14. The van der Waals surface area contributed by atoms with Crippen LogP contribution in [0.25, 0.3) is 0 Å². The fraction of sp³-hybridized carbons (Fsp3) is 0.0714. The summed E-state index contributed by atoms with van der Waals surface area (Å²) >= 11 is 3.29. The maximum Gasteiger partial charge on any atom is 0.193 e. The van der Waals surface area contributed by atoms with Crippen LogP contribution in [0.5, 0.6) is 0 Å². The lowest BCUT2D eigenvalue weighted by Crippen LogP contribution is -2.04. The molecular weight excluding hydrogens is 297 g/mol. The SMILES string of the molecule is Cc1c(N)cc(C(=O)c2ccc(Br)cc2)cc1F. The Morgan fingerprint density at radius 1 is 1.17 bits per heavy atom. The lowest BCUT2D eigenvalue weighted by molar-refractivity contribution is 0.103. The molecule has 4 heteroatoms. The van der Waals surface area contributed by atoms with E-state index in [1.165, 1.54) is 12.1 Å². The second-order valence-electron chi connectivity index (χ2n) is 4.01. The zero-order chi connectivity index (χ0) is 13.3. The Kier molecular flexibility index (Phi) is 3.48.